The van der Waals surface area contributed by atoms with E-state index in [4.69, 9.17) is 6.57 Å². The minimum absolute atomic E-state index is 0.00457. The molecule has 28 heavy (non-hydrogen) atoms. The number of aromatic amines is 1. The van der Waals surface area contributed by atoms with Crippen LogP contribution >= 0.6 is 11.3 Å². The highest BCUT2D eigenvalue weighted by Gasteiger charge is 2.25. The van der Waals surface area contributed by atoms with Crippen molar-refractivity contribution in [3.63, 3.8) is 0 Å². The molecule has 1 aromatic carbocycles. The number of carbonyl (C=O) groups is 1. The smallest absolute Gasteiger partial charge is 0.298 e. The number of aryl methyl sites for hydroxylation is 2. The second kappa shape index (κ2) is 6.75. The number of rotatable bonds is 3. The number of hydrogen-bond acceptors (Lipinski definition) is 5. The minimum atomic E-state index is -0.569. The lowest BCUT2D eigenvalue weighted by atomic mass is 10.1. The Morgan fingerprint density at radius 1 is 1.25 bits per heavy atom. The van der Waals surface area contributed by atoms with Crippen LogP contribution in [-0.4, -0.2) is 25.5 Å². The van der Waals surface area contributed by atoms with Crippen molar-refractivity contribution >= 4 is 34.5 Å². The summed E-state index contributed by atoms with van der Waals surface area (Å²) >= 11 is 1.40. The van der Waals surface area contributed by atoms with Crippen molar-refractivity contribution < 1.29 is 4.79 Å². The summed E-state index contributed by atoms with van der Waals surface area (Å²) in [7, 11) is 0. The lowest BCUT2D eigenvalue weighted by molar-refractivity contribution is 0.102. The Kier molecular flexibility index (Phi) is 4.25. The number of fused-ring (bicyclic) bond motifs is 1. The molecule has 138 valence electrons. The van der Waals surface area contributed by atoms with Crippen LogP contribution in [0.2, 0.25) is 0 Å². The van der Waals surface area contributed by atoms with Gasteiger partial charge in [-0.1, -0.05) is 41.9 Å². The average molecular weight is 390 g/mol. The van der Waals surface area contributed by atoms with Gasteiger partial charge in [0.05, 0.1) is 5.01 Å². The Bertz CT molecular complexity index is 1310. The fraction of sp³-hybridized carbons (Fsp3) is 0.105. The van der Waals surface area contributed by atoms with Crippen LogP contribution in [0.15, 0.2) is 40.5 Å². The Morgan fingerprint density at radius 2 is 2.00 bits per heavy atom. The lowest BCUT2D eigenvalue weighted by Crippen LogP contribution is -2.26. The fourth-order valence-corrected chi connectivity index (χ4v) is 3.53. The zero-order chi connectivity index (χ0) is 19.8. The van der Waals surface area contributed by atoms with Crippen LogP contribution in [-0.2, 0) is 0 Å². The number of imidazole rings is 1. The van der Waals surface area contributed by atoms with Crippen molar-refractivity contribution in [1.82, 2.24) is 19.6 Å². The van der Waals surface area contributed by atoms with Gasteiger partial charge in [-0.05, 0) is 19.4 Å². The number of hydrogen-bond donors (Lipinski definition) is 2. The van der Waals surface area contributed by atoms with Crippen molar-refractivity contribution in [1.29, 1.82) is 0 Å². The fourth-order valence-electron chi connectivity index (χ4n) is 2.98. The number of anilines is 1. The van der Waals surface area contributed by atoms with Gasteiger partial charge in [-0.3, -0.25) is 14.7 Å². The molecule has 8 nitrogen and oxygen atoms in total. The van der Waals surface area contributed by atoms with Crippen LogP contribution in [0, 0.1) is 20.4 Å². The Balaban J connectivity index is 1.89. The summed E-state index contributed by atoms with van der Waals surface area (Å²) in [6.07, 6.45) is 0. The maximum absolute atomic E-state index is 13.0. The number of H-pyrrole nitrogens is 1. The van der Waals surface area contributed by atoms with Gasteiger partial charge < -0.3 is 10.2 Å². The number of thiazole rings is 1. The van der Waals surface area contributed by atoms with Gasteiger partial charge in [-0.2, -0.15) is 0 Å². The Hall–Kier alpha value is -3.77. The molecule has 2 N–H and O–H groups in total. The second-order valence-corrected chi connectivity index (χ2v) is 7.13. The second-order valence-electron chi connectivity index (χ2n) is 6.07. The molecule has 0 aliphatic heterocycles. The van der Waals surface area contributed by atoms with Gasteiger partial charge in [0.1, 0.15) is 17.1 Å². The molecule has 3 aromatic heterocycles. The Labute approximate surface area is 163 Å². The summed E-state index contributed by atoms with van der Waals surface area (Å²) in [5, 5.41) is 8.17. The Morgan fingerprint density at radius 3 is 2.64 bits per heavy atom. The molecule has 4 rings (SSSR count). The maximum atomic E-state index is 13.0. The molecule has 0 saturated carbocycles. The number of aromatic nitrogens is 4. The van der Waals surface area contributed by atoms with E-state index in [-0.39, 0.29) is 17.0 Å². The van der Waals surface area contributed by atoms with E-state index in [1.54, 1.807) is 12.3 Å². The third-order valence-corrected chi connectivity index (χ3v) is 4.96. The first kappa shape index (κ1) is 17.6. The first-order valence-electron chi connectivity index (χ1n) is 8.31. The van der Waals surface area contributed by atoms with Crippen molar-refractivity contribution in [3.05, 3.63) is 73.6 Å². The van der Waals surface area contributed by atoms with Gasteiger partial charge in [0.2, 0.25) is 0 Å². The van der Waals surface area contributed by atoms with E-state index in [9.17, 15) is 9.59 Å². The molecule has 4 aromatic rings. The van der Waals surface area contributed by atoms with Crippen LogP contribution in [0.3, 0.4) is 0 Å². The molecule has 0 radical (unpaired) electrons. The number of benzene rings is 1. The van der Waals surface area contributed by atoms with E-state index >= 15 is 0 Å². The molecule has 0 saturated heterocycles. The SMILES string of the molecule is [C-]#[N+]c1nc2c(=O)c(C(=O)Nc3csc(C)n3)c(C)[nH]n2c1-c1ccccc1. The monoisotopic (exact) mass is 390 g/mol. The highest BCUT2D eigenvalue weighted by atomic mass is 32.1. The van der Waals surface area contributed by atoms with Gasteiger partial charge >= 0.3 is 0 Å². The zero-order valence-electron chi connectivity index (χ0n) is 15.0. The zero-order valence-corrected chi connectivity index (χ0v) is 15.8. The molecule has 0 fully saturated rings. The number of carbonyl (C=O) groups excluding carboxylic acids is 1. The third kappa shape index (κ3) is 2.86. The molecular formula is C19H14N6O2S. The summed E-state index contributed by atoms with van der Waals surface area (Å²) in [6.45, 7) is 10.9. The van der Waals surface area contributed by atoms with Gasteiger partial charge in [0.25, 0.3) is 22.8 Å². The van der Waals surface area contributed by atoms with E-state index in [0.717, 1.165) is 10.6 Å². The van der Waals surface area contributed by atoms with E-state index in [1.807, 2.05) is 37.3 Å². The van der Waals surface area contributed by atoms with E-state index in [1.165, 1.54) is 15.9 Å². The van der Waals surface area contributed by atoms with E-state index < -0.39 is 11.3 Å². The van der Waals surface area contributed by atoms with Gasteiger partial charge in [0, 0.05) is 11.1 Å². The van der Waals surface area contributed by atoms with Crippen molar-refractivity contribution in [3.8, 4) is 11.3 Å². The number of nitrogens with zero attached hydrogens (tertiary/aromatic N) is 4. The molecular weight excluding hydrogens is 376 g/mol. The van der Waals surface area contributed by atoms with E-state index in [2.05, 4.69) is 25.2 Å². The predicted molar refractivity (Wildman–Crippen MR) is 107 cm³/mol. The number of nitrogens with one attached hydrogen (secondary N) is 2. The minimum Gasteiger partial charge on any atom is -0.359 e. The summed E-state index contributed by atoms with van der Waals surface area (Å²) in [4.78, 5) is 37.5. The van der Waals surface area contributed by atoms with E-state index in [0.29, 0.717) is 17.2 Å². The lowest BCUT2D eigenvalue weighted by Gasteiger charge is -2.08. The average Bonchev–Trinajstić information content (AvgIpc) is 3.25. The molecule has 3 heterocycles. The maximum Gasteiger partial charge on any atom is 0.298 e. The standard InChI is InChI=1S/C19H14N6O2S/c1-10-14(19(27)22-13-9-28-11(2)21-13)16(26)18-23-17(20-3)15(25(18)24-10)12-7-5-4-6-8-12/h4-9,24H,1-2H3,(H,22,27). The van der Waals surface area contributed by atoms with Crippen molar-refractivity contribution in [2.75, 3.05) is 5.32 Å². The van der Waals surface area contributed by atoms with Crippen molar-refractivity contribution in [2.24, 2.45) is 0 Å². The van der Waals surface area contributed by atoms with Crippen LogP contribution in [0.4, 0.5) is 11.6 Å². The van der Waals surface area contributed by atoms with Crippen LogP contribution in [0.1, 0.15) is 21.1 Å². The topological polar surface area (TPSA) is 96.5 Å². The van der Waals surface area contributed by atoms with Gasteiger partial charge in [0.15, 0.2) is 0 Å². The molecule has 0 bridgehead atoms. The molecule has 0 atom stereocenters. The molecule has 0 aliphatic rings. The first-order valence-corrected chi connectivity index (χ1v) is 9.19. The molecule has 0 aliphatic carbocycles. The molecule has 1 amide bonds. The van der Waals surface area contributed by atoms with Crippen molar-refractivity contribution in [2.45, 2.75) is 13.8 Å². The summed E-state index contributed by atoms with van der Waals surface area (Å²) in [6, 6.07) is 9.20. The van der Waals surface area contributed by atoms with Crippen LogP contribution in [0.5, 0.6) is 0 Å². The predicted octanol–water partition coefficient (Wildman–Crippen LogP) is 3.57. The normalized spacial score (nSPS) is 10.8. The largest absolute Gasteiger partial charge is 0.359 e. The number of amides is 1. The molecule has 0 spiro atoms. The quantitative estimate of drug-likeness (QED) is 0.523. The highest BCUT2D eigenvalue weighted by molar-refractivity contribution is 7.09. The summed E-state index contributed by atoms with van der Waals surface area (Å²) in [5.74, 6) is -0.0897. The highest BCUT2D eigenvalue weighted by Crippen LogP contribution is 2.29. The molecule has 0 unspecified atom stereocenters. The summed E-state index contributed by atoms with van der Waals surface area (Å²) in [5.41, 5.74) is 0.981. The van der Waals surface area contributed by atoms with Gasteiger partial charge in [-0.15, -0.1) is 11.3 Å². The van der Waals surface area contributed by atoms with Gasteiger partial charge in [-0.25, -0.2) is 9.50 Å². The third-order valence-electron chi connectivity index (χ3n) is 4.18. The first-order chi connectivity index (χ1) is 13.5. The summed E-state index contributed by atoms with van der Waals surface area (Å²) < 4.78 is 1.46. The van der Waals surface area contributed by atoms with Crippen LogP contribution in [0.25, 0.3) is 21.7 Å². The molecule has 9 heteroatoms. The van der Waals surface area contributed by atoms with Crippen LogP contribution < -0.4 is 10.7 Å².